The number of aliphatic hydroxyl groups is 1. The molecular weight excluding hydrogens is 218 g/mol. The lowest BCUT2D eigenvalue weighted by Gasteiger charge is -2.23. The highest BCUT2D eigenvalue weighted by atomic mass is 16.4. The molecule has 0 heterocycles. The first-order valence-corrected chi connectivity index (χ1v) is 4.31. The van der Waals surface area contributed by atoms with Crippen molar-refractivity contribution in [2.45, 2.75) is 19.4 Å². The molecule has 0 aliphatic rings. The number of carboxylic acid groups (broad SMARTS) is 2. The zero-order chi connectivity index (χ0) is 12.9. The second kappa shape index (κ2) is 5.26. The maximum atomic E-state index is 11.4. The topological polar surface area (TPSA) is 124 Å². The standard InChI is InChI=1S/C9H13NO6/c1-9(2,4-11)10-7(14)5(8(15)16)3-6(12)13/h3,11H,4H2,1-2H3,(H,10,14)(H,12,13)(H,15,16)/b5-3+. The van der Waals surface area contributed by atoms with Crippen LogP contribution in [0.1, 0.15) is 13.8 Å². The Labute approximate surface area is 91.4 Å². The molecule has 0 saturated carbocycles. The molecule has 16 heavy (non-hydrogen) atoms. The van der Waals surface area contributed by atoms with E-state index in [0.29, 0.717) is 6.08 Å². The number of hydrogen-bond acceptors (Lipinski definition) is 4. The minimum absolute atomic E-state index is 0.297. The van der Waals surface area contributed by atoms with Crippen LogP contribution >= 0.6 is 0 Å². The monoisotopic (exact) mass is 231 g/mol. The normalized spacial score (nSPS) is 12.1. The van der Waals surface area contributed by atoms with Crippen LogP contribution in [0.25, 0.3) is 0 Å². The molecule has 0 aromatic rings. The van der Waals surface area contributed by atoms with E-state index in [0.717, 1.165) is 0 Å². The number of hydrogen-bond donors (Lipinski definition) is 4. The van der Waals surface area contributed by atoms with Gasteiger partial charge in [-0.3, -0.25) is 4.79 Å². The lowest BCUT2D eigenvalue weighted by Crippen LogP contribution is -2.47. The summed E-state index contributed by atoms with van der Waals surface area (Å²) in [5, 5.41) is 28.0. The fourth-order valence-corrected chi connectivity index (χ4v) is 0.762. The van der Waals surface area contributed by atoms with Crippen molar-refractivity contribution in [3.63, 3.8) is 0 Å². The van der Waals surface area contributed by atoms with Crippen LogP contribution in [-0.2, 0) is 14.4 Å². The van der Waals surface area contributed by atoms with Crippen LogP contribution < -0.4 is 5.32 Å². The molecule has 7 heteroatoms. The molecular formula is C9H13NO6. The van der Waals surface area contributed by atoms with Crippen LogP contribution in [0.5, 0.6) is 0 Å². The lowest BCUT2D eigenvalue weighted by molar-refractivity contribution is -0.137. The molecule has 0 rings (SSSR count). The molecule has 0 atom stereocenters. The Morgan fingerprint density at radius 1 is 1.25 bits per heavy atom. The van der Waals surface area contributed by atoms with Gasteiger partial charge in [0.05, 0.1) is 12.1 Å². The van der Waals surface area contributed by atoms with Crippen molar-refractivity contribution in [1.82, 2.24) is 5.32 Å². The smallest absolute Gasteiger partial charge is 0.341 e. The summed E-state index contributed by atoms with van der Waals surface area (Å²) in [6.45, 7) is 2.52. The second-order valence-corrected chi connectivity index (χ2v) is 3.70. The van der Waals surface area contributed by atoms with Crippen molar-refractivity contribution in [1.29, 1.82) is 0 Å². The van der Waals surface area contributed by atoms with Crippen LogP contribution in [0, 0.1) is 0 Å². The fourth-order valence-electron chi connectivity index (χ4n) is 0.762. The van der Waals surface area contributed by atoms with Crippen molar-refractivity contribution >= 4 is 17.8 Å². The van der Waals surface area contributed by atoms with Crippen molar-refractivity contribution in [2.24, 2.45) is 0 Å². The fraction of sp³-hybridized carbons (Fsp3) is 0.444. The Morgan fingerprint density at radius 3 is 2.06 bits per heavy atom. The van der Waals surface area contributed by atoms with Gasteiger partial charge in [-0.05, 0) is 13.8 Å². The van der Waals surface area contributed by atoms with E-state index in [2.05, 4.69) is 5.32 Å². The summed E-state index contributed by atoms with van der Waals surface area (Å²) in [6.07, 6.45) is 0.297. The number of carbonyl (C=O) groups excluding carboxylic acids is 1. The Morgan fingerprint density at radius 2 is 1.75 bits per heavy atom. The summed E-state index contributed by atoms with van der Waals surface area (Å²) in [5.41, 5.74) is -1.92. The van der Waals surface area contributed by atoms with Gasteiger partial charge in [-0.15, -0.1) is 0 Å². The predicted octanol–water partition coefficient (Wildman–Crippen LogP) is -1.03. The van der Waals surface area contributed by atoms with E-state index in [1.165, 1.54) is 13.8 Å². The van der Waals surface area contributed by atoms with Gasteiger partial charge >= 0.3 is 11.9 Å². The number of aliphatic hydroxyl groups excluding tert-OH is 1. The van der Waals surface area contributed by atoms with E-state index in [1.54, 1.807) is 0 Å². The Kier molecular flexibility index (Phi) is 4.64. The van der Waals surface area contributed by atoms with Crippen LogP contribution in [0.3, 0.4) is 0 Å². The molecule has 90 valence electrons. The zero-order valence-corrected chi connectivity index (χ0v) is 8.85. The Balaban J connectivity index is 4.93. The van der Waals surface area contributed by atoms with Crippen molar-refractivity contribution in [2.75, 3.05) is 6.61 Å². The number of aliphatic carboxylic acids is 2. The third-order valence-corrected chi connectivity index (χ3v) is 1.59. The first-order valence-electron chi connectivity index (χ1n) is 4.31. The van der Waals surface area contributed by atoms with Gasteiger partial charge < -0.3 is 20.6 Å². The molecule has 0 aliphatic heterocycles. The number of nitrogens with one attached hydrogen (secondary N) is 1. The molecule has 7 nitrogen and oxygen atoms in total. The third kappa shape index (κ3) is 4.56. The van der Waals surface area contributed by atoms with Crippen molar-refractivity contribution < 1.29 is 29.7 Å². The quantitative estimate of drug-likeness (QED) is 0.272. The molecule has 0 aromatic heterocycles. The van der Waals surface area contributed by atoms with Gasteiger partial charge in [-0.2, -0.15) is 0 Å². The number of carbonyl (C=O) groups is 3. The summed E-state index contributed by atoms with van der Waals surface area (Å²) in [4.78, 5) is 32.2. The molecule has 0 fully saturated rings. The van der Waals surface area contributed by atoms with E-state index in [4.69, 9.17) is 15.3 Å². The van der Waals surface area contributed by atoms with Gasteiger partial charge in [-0.25, -0.2) is 9.59 Å². The highest BCUT2D eigenvalue weighted by molar-refractivity contribution is 6.18. The van der Waals surface area contributed by atoms with E-state index in [1.807, 2.05) is 0 Å². The van der Waals surface area contributed by atoms with Gasteiger partial charge in [0.25, 0.3) is 5.91 Å². The summed E-state index contributed by atoms with van der Waals surface area (Å²) < 4.78 is 0. The molecule has 0 unspecified atom stereocenters. The largest absolute Gasteiger partial charge is 0.478 e. The van der Waals surface area contributed by atoms with Crippen molar-refractivity contribution in [3.8, 4) is 0 Å². The maximum absolute atomic E-state index is 11.4. The summed E-state index contributed by atoms with van der Waals surface area (Å²) in [6, 6.07) is 0. The van der Waals surface area contributed by atoms with E-state index < -0.39 is 35.6 Å². The average molecular weight is 231 g/mol. The molecule has 0 saturated heterocycles. The maximum Gasteiger partial charge on any atom is 0.341 e. The summed E-state index contributed by atoms with van der Waals surface area (Å²) >= 11 is 0. The second-order valence-electron chi connectivity index (χ2n) is 3.70. The van der Waals surface area contributed by atoms with Crippen molar-refractivity contribution in [3.05, 3.63) is 11.6 Å². The molecule has 1 amide bonds. The summed E-state index contributed by atoms with van der Waals surface area (Å²) in [5.74, 6) is -4.24. The van der Waals surface area contributed by atoms with E-state index in [-0.39, 0.29) is 0 Å². The first-order chi connectivity index (χ1) is 7.19. The number of rotatable bonds is 5. The van der Waals surface area contributed by atoms with Gasteiger partial charge in [0.2, 0.25) is 0 Å². The highest BCUT2D eigenvalue weighted by Gasteiger charge is 2.25. The minimum Gasteiger partial charge on any atom is -0.478 e. The van der Waals surface area contributed by atoms with Crippen LogP contribution in [0.2, 0.25) is 0 Å². The highest BCUT2D eigenvalue weighted by Crippen LogP contribution is 2.03. The molecule has 0 bridgehead atoms. The van der Waals surface area contributed by atoms with Crippen LogP contribution in [-0.4, -0.2) is 45.3 Å². The molecule has 0 aliphatic carbocycles. The average Bonchev–Trinajstić information content (AvgIpc) is 2.12. The van der Waals surface area contributed by atoms with Gasteiger partial charge in [0.15, 0.2) is 0 Å². The Hall–Kier alpha value is -1.89. The first kappa shape index (κ1) is 14.1. The number of amides is 1. The zero-order valence-electron chi connectivity index (χ0n) is 8.85. The summed E-state index contributed by atoms with van der Waals surface area (Å²) in [7, 11) is 0. The van der Waals surface area contributed by atoms with Gasteiger partial charge in [0.1, 0.15) is 5.57 Å². The molecule has 0 spiro atoms. The van der Waals surface area contributed by atoms with Gasteiger partial charge in [0, 0.05) is 6.08 Å². The van der Waals surface area contributed by atoms with E-state index in [9.17, 15) is 14.4 Å². The lowest BCUT2D eigenvalue weighted by atomic mass is 10.1. The van der Waals surface area contributed by atoms with Crippen LogP contribution in [0.4, 0.5) is 0 Å². The third-order valence-electron chi connectivity index (χ3n) is 1.59. The van der Waals surface area contributed by atoms with Gasteiger partial charge in [-0.1, -0.05) is 0 Å². The molecule has 0 radical (unpaired) electrons. The number of carboxylic acids is 2. The van der Waals surface area contributed by atoms with Crippen LogP contribution in [0.15, 0.2) is 11.6 Å². The Bertz CT molecular complexity index is 344. The molecule has 0 aromatic carbocycles. The minimum atomic E-state index is -1.64. The SMILES string of the molecule is CC(C)(CO)NC(=O)/C(=C\C(=O)O)C(=O)O. The molecule has 4 N–H and O–H groups in total. The predicted molar refractivity (Wildman–Crippen MR) is 52.7 cm³/mol. The van der Waals surface area contributed by atoms with E-state index >= 15 is 0 Å².